The lowest BCUT2D eigenvalue weighted by molar-refractivity contribution is -0.141. The van der Waals surface area contributed by atoms with Gasteiger partial charge in [0, 0.05) is 17.6 Å². The van der Waals surface area contributed by atoms with Gasteiger partial charge in [-0.05, 0) is 49.4 Å². The Kier molecular flexibility index (Phi) is 8.53. The van der Waals surface area contributed by atoms with E-state index in [1.165, 1.54) is 12.0 Å². The molecule has 0 aromatic heterocycles. The van der Waals surface area contributed by atoms with E-state index in [1.54, 1.807) is 17.0 Å². The maximum Gasteiger partial charge on any atom is 0.243 e. The SMILES string of the molecule is CCC(C(=O)NC1CCCCC1)N(Cc1ccc(C)cc1)C(=O)Cc1ccc(Cl)cc1. The van der Waals surface area contributed by atoms with Crippen LogP contribution in [0, 0.1) is 6.92 Å². The molecule has 2 amide bonds. The molecule has 5 heteroatoms. The molecule has 1 aliphatic carbocycles. The fourth-order valence-corrected chi connectivity index (χ4v) is 4.36. The monoisotopic (exact) mass is 440 g/mol. The molecule has 31 heavy (non-hydrogen) atoms. The molecule has 2 aromatic rings. The summed E-state index contributed by atoms with van der Waals surface area (Å²) in [5.74, 6) is -0.0838. The van der Waals surface area contributed by atoms with Gasteiger partial charge in [0.2, 0.25) is 11.8 Å². The third kappa shape index (κ3) is 6.83. The normalized spacial score (nSPS) is 15.3. The zero-order valence-corrected chi connectivity index (χ0v) is 19.3. The highest BCUT2D eigenvalue weighted by Crippen LogP contribution is 2.20. The fraction of sp³-hybridized carbons (Fsp3) is 0.462. The van der Waals surface area contributed by atoms with E-state index in [9.17, 15) is 9.59 Å². The molecule has 1 atom stereocenters. The van der Waals surface area contributed by atoms with Gasteiger partial charge in [0.25, 0.3) is 0 Å². The predicted molar refractivity (Wildman–Crippen MR) is 126 cm³/mol. The average molecular weight is 441 g/mol. The quantitative estimate of drug-likeness (QED) is 0.593. The van der Waals surface area contributed by atoms with Crippen LogP contribution < -0.4 is 5.32 Å². The highest BCUT2D eigenvalue weighted by molar-refractivity contribution is 6.30. The Labute approximate surface area is 191 Å². The van der Waals surface area contributed by atoms with Crippen molar-refractivity contribution < 1.29 is 9.59 Å². The minimum Gasteiger partial charge on any atom is -0.352 e. The summed E-state index contributed by atoms with van der Waals surface area (Å²) in [7, 11) is 0. The lowest BCUT2D eigenvalue weighted by Gasteiger charge is -2.33. The lowest BCUT2D eigenvalue weighted by Crippen LogP contribution is -2.51. The van der Waals surface area contributed by atoms with E-state index in [1.807, 2.05) is 50.2 Å². The molecule has 0 bridgehead atoms. The maximum atomic E-state index is 13.4. The summed E-state index contributed by atoms with van der Waals surface area (Å²) >= 11 is 5.99. The largest absolute Gasteiger partial charge is 0.352 e. The standard InChI is InChI=1S/C26H33ClN2O2/c1-3-24(26(31)28-23-7-5-4-6-8-23)29(18-21-11-9-19(2)10-12-21)25(30)17-20-13-15-22(27)16-14-20/h9-16,23-24H,3-8,17-18H2,1-2H3,(H,28,31). The van der Waals surface area contributed by atoms with Crippen molar-refractivity contribution in [2.24, 2.45) is 0 Å². The van der Waals surface area contributed by atoms with Crippen molar-refractivity contribution in [3.05, 3.63) is 70.2 Å². The number of rotatable bonds is 8. The van der Waals surface area contributed by atoms with Gasteiger partial charge >= 0.3 is 0 Å². The molecule has 166 valence electrons. The highest BCUT2D eigenvalue weighted by Gasteiger charge is 2.30. The Hall–Kier alpha value is -2.33. The molecule has 3 rings (SSSR count). The fourth-order valence-electron chi connectivity index (χ4n) is 4.23. The summed E-state index contributed by atoms with van der Waals surface area (Å²) in [5, 5.41) is 3.87. The second-order valence-corrected chi connectivity index (χ2v) is 9.01. The van der Waals surface area contributed by atoms with Crippen LogP contribution in [0.3, 0.4) is 0 Å². The van der Waals surface area contributed by atoms with Crippen LogP contribution >= 0.6 is 11.6 Å². The van der Waals surface area contributed by atoms with Gasteiger partial charge in [-0.2, -0.15) is 0 Å². The van der Waals surface area contributed by atoms with Crippen LogP contribution in [-0.2, 0) is 22.6 Å². The van der Waals surface area contributed by atoms with E-state index >= 15 is 0 Å². The minimum absolute atomic E-state index is 0.0361. The van der Waals surface area contributed by atoms with Crippen LogP contribution in [-0.4, -0.2) is 28.8 Å². The van der Waals surface area contributed by atoms with Crippen molar-refractivity contribution in [1.29, 1.82) is 0 Å². The van der Waals surface area contributed by atoms with Gasteiger partial charge in [0.05, 0.1) is 6.42 Å². The first-order chi connectivity index (χ1) is 15.0. The van der Waals surface area contributed by atoms with Crippen molar-refractivity contribution in [2.45, 2.75) is 77.4 Å². The molecule has 1 saturated carbocycles. The van der Waals surface area contributed by atoms with Crippen LogP contribution in [0.4, 0.5) is 0 Å². The number of benzene rings is 2. The van der Waals surface area contributed by atoms with Gasteiger partial charge in [0.1, 0.15) is 6.04 Å². The van der Waals surface area contributed by atoms with Crippen molar-refractivity contribution in [2.75, 3.05) is 0 Å². The minimum atomic E-state index is -0.483. The summed E-state index contributed by atoms with van der Waals surface area (Å²) < 4.78 is 0. The van der Waals surface area contributed by atoms with Gasteiger partial charge in [-0.15, -0.1) is 0 Å². The molecule has 1 aliphatic rings. The lowest BCUT2D eigenvalue weighted by atomic mass is 9.95. The molecule has 0 heterocycles. The number of carbonyl (C=O) groups excluding carboxylic acids is 2. The van der Waals surface area contributed by atoms with E-state index in [-0.39, 0.29) is 24.3 Å². The van der Waals surface area contributed by atoms with Crippen molar-refractivity contribution >= 4 is 23.4 Å². The molecule has 0 spiro atoms. The van der Waals surface area contributed by atoms with Gasteiger partial charge in [-0.1, -0.05) is 79.7 Å². The summed E-state index contributed by atoms with van der Waals surface area (Å²) in [6.45, 7) is 4.44. The van der Waals surface area contributed by atoms with Gasteiger partial charge < -0.3 is 10.2 Å². The first-order valence-corrected chi connectivity index (χ1v) is 11.7. The van der Waals surface area contributed by atoms with Gasteiger partial charge in [-0.25, -0.2) is 0 Å². The van der Waals surface area contributed by atoms with E-state index < -0.39 is 6.04 Å². The third-order valence-electron chi connectivity index (χ3n) is 6.08. The van der Waals surface area contributed by atoms with Crippen molar-refractivity contribution in [3.63, 3.8) is 0 Å². The molecule has 4 nitrogen and oxygen atoms in total. The summed E-state index contributed by atoms with van der Waals surface area (Å²) in [5.41, 5.74) is 3.09. The van der Waals surface area contributed by atoms with Gasteiger partial charge in [-0.3, -0.25) is 9.59 Å². The zero-order chi connectivity index (χ0) is 22.2. The molecule has 0 aliphatic heterocycles. The molecule has 1 fully saturated rings. The molecular weight excluding hydrogens is 408 g/mol. The van der Waals surface area contributed by atoms with Crippen molar-refractivity contribution in [1.82, 2.24) is 10.2 Å². The molecule has 0 radical (unpaired) electrons. The zero-order valence-electron chi connectivity index (χ0n) is 18.6. The Morgan fingerprint density at radius 3 is 2.23 bits per heavy atom. The number of hydrogen-bond acceptors (Lipinski definition) is 2. The van der Waals surface area contributed by atoms with E-state index in [0.717, 1.165) is 36.8 Å². The topological polar surface area (TPSA) is 49.4 Å². The van der Waals surface area contributed by atoms with E-state index in [2.05, 4.69) is 5.32 Å². The Morgan fingerprint density at radius 2 is 1.61 bits per heavy atom. The Bertz CT molecular complexity index is 858. The predicted octanol–water partition coefficient (Wildman–Crippen LogP) is 5.45. The number of aryl methyl sites for hydroxylation is 1. The molecule has 1 unspecified atom stereocenters. The van der Waals surface area contributed by atoms with Crippen molar-refractivity contribution in [3.8, 4) is 0 Å². The molecule has 0 saturated heterocycles. The van der Waals surface area contributed by atoms with E-state index in [4.69, 9.17) is 11.6 Å². The van der Waals surface area contributed by atoms with Crippen LogP contribution in [0.15, 0.2) is 48.5 Å². The maximum absolute atomic E-state index is 13.4. The second kappa shape index (κ2) is 11.3. The first kappa shape index (κ1) is 23.3. The number of nitrogens with zero attached hydrogens (tertiary/aromatic N) is 1. The van der Waals surface area contributed by atoms with Crippen LogP contribution in [0.5, 0.6) is 0 Å². The first-order valence-electron chi connectivity index (χ1n) is 11.4. The summed E-state index contributed by atoms with van der Waals surface area (Å²) in [4.78, 5) is 28.3. The second-order valence-electron chi connectivity index (χ2n) is 8.58. The Morgan fingerprint density at radius 1 is 1.00 bits per heavy atom. The van der Waals surface area contributed by atoms with Crippen LogP contribution in [0.1, 0.15) is 62.1 Å². The highest BCUT2D eigenvalue weighted by atomic mass is 35.5. The van der Waals surface area contributed by atoms with E-state index in [0.29, 0.717) is 18.0 Å². The average Bonchev–Trinajstić information content (AvgIpc) is 2.77. The van der Waals surface area contributed by atoms with Gasteiger partial charge in [0.15, 0.2) is 0 Å². The third-order valence-corrected chi connectivity index (χ3v) is 6.33. The Balaban J connectivity index is 1.79. The number of hydrogen-bond donors (Lipinski definition) is 1. The summed E-state index contributed by atoms with van der Waals surface area (Å²) in [6.07, 6.45) is 6.43. The molecule has 1 N–H and O–H groups in total. The van der Waals surface area contributed by atoms with Crippen LogP contribution in [0.25, 0.3) is 0 Å². The summed E-state index contributed by atoms with van der Waals surface area (Å²) in [6, 6.07) is 15.2. The number of nitrogens with one attached hydrogen (secondary N) is 1. The number of amides is 2. The number of carbonyl (C=O) groups is 2. The molecular formula is C26H33ClN2O2. The van der Waals surface area contributed by atoms with Crippen LogP contribution in [0.2, 0.25) is 5.02 Å². The number of halogens is 1. The smallest absolute Gasteiger partial charge is 0.243 e. The molecule has 2 aromatic carbocycles.